The molecule has 3 nitrogen and oxygen atoms in total. The molecular weight excluding hydrogens is 299 g/mol. The molecule has 0 amide bonds. The Morgan fingerprint density at radius 2 is 2.28 bits per heavy atom. The van der Waals surface area contributed by atoms with E-state index >= 15 is 0 Å². The van der Waals surface area contributed by atoms with Gasteiger partial charge in [-0.05, 0) is 47.1 Å². The van der Waals surface area contributed by atoms with Crippen LogP contribution in [0.4, 0.5) is 4.39 Å². The molecule has 0 aromatic carbocycles. The van der Waals surface area contributed by atoms with E-state index in [1.54, 1.807) is 18.3 Å². The van der Waals surface area contributed by atoms with E-state index in [4.69, 9.17) is 4.42 Å². The molecule has 1 atom stereocenters. The predicted octanol–water partition coefficient (Wildman–Crippen LogP) is 3.67. The Kier molecular flexibility index (Phi) is 4.49. The Morgan fingerprint density at radius 3 is 2.89 bits per heavy atom. The first-order valence-electron chi connectivity index (χ1n) is 5.80. The monoisotopic (exact) mass is 312 g/mol. The van der Waals surface area contributed by atoms with Gasteiger partial charge in [0.25, 0.3) is 0 Å². The zero-order valence-corrected chi connectivity index (χ0v) is 11.6. The van der Waals surface area contributed by atoms with Crippen molar-refractivity contribution in [2.75, 3.05) is 6.54 Å². The molecule has 0 bridgehead atoms. The third-order valence-electron chi connectivity index (χ3n) is 2.59. The standard InChI is InChI=1S/C13H14BrFN2O/c1-2-6-17-13(11-3-4-12(14)18-11)9-5-7-16-8-10(9)15/h3-5,7-8,13,17H,2,6H2,1H3. The molecule has 0 spiro atoms. The van der Waals surface area contributed by atoms with E-state index in [0.29, 0.717) is 16.0 Å². The second-order valence-electron chi connectivity index (χ2n) is 3.93. The Balaban J connectivity index is 2.33. The SMILES string of the molecule is CCCNC(c1ccc(Br)o1)c1ccncc1F. The highest BCUT2D eigenvalue weighted by Gasteiger charge is 2.20. The van der Waals surface area contributed by atoms with Crippen LogP contribution in [0, 0.1) is 5.82 Å². The molecule has 0 fully saturated rings. The van der Waals surface area contributed by atoms with Gasteiger partial charge in [-0.15, -0.1) is 0 Å². The summed E-state index contributed by atoms with van der Waals surface area (Å²) in [5.41, 5.74) is 0.542. The van der Waals surface area contributed by atoms with E-state index in [1.807, 2.05) is 6.07 Å². The summed E-state index contributed by atoms with van der Waals surface area (Å²) in [5, 5.41) is 3.27. The maximum absolute atomic E-state index is 13.8. The lowest BCUT2D eigenvalue weighted by Crippen LogP contribution is -2.23. The number of hydrogen-bond donors (Lipinski definition) is 1. The zero-order chi connectivity index (χ0) is 13.0. The van der Waals surface area contributed by atoms with Crippen molar-refractivity contribution in [3.8, 4) is 0 Å². The van der Waals surface area contributed by atoms with Crippen LogP contribution in [0.15, 0.2) is 39.7 Å². The zero-order valence-electron chi connectivity index (χ0n) is 9.99. The topological polar surface area (TPSA) is 38.1 Å². The van der Waals surface area contributed by atoms with Crippen molar-refractivity contribution in [1.29, 1.82) is 0 Å². The first-order valence-corrected chi connectivity index (χ1v) is 6.59. The van der Waals surface area contributed by atoms with Gasteiger partial charge in [-0.3, -0.25) is 4.98 Å². The summed E-state index contributed by atoms with van der Waals surface area (Å²) in [6.07, 6.45) is 3.76. The highest BCUT2D eigenvalue weighted by Crippen LogP contribution is 2.27. The quantitative estimate of drug-likeness (QED) is 0.915. The van der Waals surface area contributed by atoms with Gasteiger partial charge in [0.15, 0.2) is 4.67 Å². The van der Waals surface area contributed by atoms with E-state index in [-0.39, 0.29) is 11.9 Å². The van der Waals surface area contributed by atoms with E-state index in [2.05, 4.69) is 33.2 Å². The van der Waals surface area contributed by atoms with E-state index in [9.17, 15) is 4.39 Å². The van der Waals surface area contributed by atoms with Crippen LogP contribution < -0.4 is 5.32 Å². The van der Waals surface area contributed by atoms with Crippen molar-refractivity contribution in [2.45, 2.75) is 19.4 Å². The van der Waals surface area contributed by atoms with Gasteiger partial charge in [-0.2, -0.15) is 0 Å². The maximum atomic E-state index is 13.8. The molecule has 0 saturated heterocycles. The molecule has 1 N–H and O–H groups in total. The van der Waals surface area contributed by atoms with Crippen molar-refractivity contribution in [3.05, 3.63) is 52.4 Å². The Hall–Kier alpha value is -1.20. The van der Waals surface area contributed by atoms with Crippen LogP contribution in [0.3, 0.4) is 0 Å². The van der Waals surface area contributed by atoms with Gasteiger partial charge in [0.2, 0.25) is 0 Å². The van der Waals surface area contributed by atoms with Gasteiger partial charge in [0, 0.05) is 11.8 Å². The van der Waals surface area contributed by atoms with Gasteiger partial charge < -0.3 is 9.73 Å². The van der Waals surface area contributed by atoms with E-state index in [1.165, 1.54) is 6.20 Å². The molecule has 0 saturated carbocycles. The van der Waals surface area contributed by atoms with Crippen LogP contribution in [-0.4, -0.2) is 11.5 Å². The van der Waals surface area contributed by atoms with E-state index in [0.717, 1.165) is 13.0 Å². The third-order valence-corrected chi connectivity index (χ3v) is 3.02. The third kappa shape index (κ3) is 2.97. The summed E-state index contributed by atoms with van der Waals surface area (Å²) in [7, 11) is 0. The molecular formula is C13H14BrFN2O. The van der Waals surface area contributed by atoms with Crippen LogP contribution in [-0.2, 0) is 0 Å². The summed E-state index contributed by atoms with van der Waals surface area (Å²) in [5.74, 6) is 0.346. The highest BCUT2D eigenvalue weighted by molar-refractivity contribution is 9.10. The number of rotatable bonds is 5. The van der Waals surface area contributed by atoms with E-state index < -0.39 is 0 Å². The number of hydrogen-bond acceptors (Lipinski definition) is 3. The fraction of sp³-hybridized carbons (Fsp3) is 0.308. The minimum atomic E-state index is -0.335. The van der Waals surface area contributed by atoms with Crippen molar-refractivity contribution in [3.63, 3.8) is 0 Å². The average Bonchev–Trinajstić information content (AvgIpc) is 2.78. The van der Waals surface area contributed by atoms with Crippen molar-refractivity contribution in [1.82, 2.24) is 10.3 Å². The van der Waals surface area contributed by atoms with Gasteiger partial charge in [0.05, 0.1) is 12.2 Å². The van der Waals surface area contributed by atoms with Crippen LogP contribution in [0.1, 0.15) is 30.7 Å². The maximum Gasteiger partial charge on any atom is 0.169 e. The molecule has 0 aliphatic carbocycles. The number of aromatic nitrogens is 1. The van der Waals surface area contributed by atoms with Crippen LogP contribution in [0.25, 0.3) is 0 Å². The summed E-state index contributed by atoms with van der Waals surface area (Å²) < 4.78 is 20.0. The van der Waals surface area contributed by atoms with Gasteiger partial charge in [-0.25, -0.2) is 4.39 Å². The second-order valence-corrected chi connectivity index (χ2v) is 4.71. The first-order chi connectivity index (χ1) is 8.72. The highest BCUT2D eigenvalue weighted by atomic mass is 79.9. The fourth-order valence-corrected chi connectivity index (χ4v) is 2.08. The lowest BCUT2D eigenvalue weighted by atomic mass is 10.1. The minimum Gasteiger partial charge on any atom is -0.452 e. The number of furan rings is 1. The second kappa shape index (κ2) is 6.11. The summed E-state index contributed by atoms with van der Waals surface area (Å²) in [6.45, 7) is 2.84. The lowest BCUT2D eigenvalue weighted by molar-refractivity contribution is 0.423. The molecule has 96 valence electrons. The predicted molar refractivity (Wildman–Crippen MR) is 70.7 cm³/mol. The van der Waals surface area contributed by atoms with Gasteiger partial charge in [0.1, 0.15) is 11.6 Å². The number of nitrogens with one attached hydrogen (secondary N) is 1. The Labute approximate surface area is 114 Å². The molecule has 2 heterocycles. The number of halogens is 2. The number of pyridine rings is 1. The van der Waals surface area contributed by atoms with Gasteiger partial charge >= 0.3 is 0 Å². The summed E-state index contributed by atoms with van der Waals surface area (Å²) in [6, 6.07) is 5.00. The van der Waals surface area contributed by atoms with Crippen LogP contribution in [0.5, 0.6) is 0 Å². The molecule has 2 rings (SSSR count). The summed E-state index contributed by atoms with van der Waals surface area (Å²) in [4.78, 5) is 3.76. The Morgan fingerprint density at radius 1 is 1.44 bits per heavy atom. The molecule has 0 aliphatic rings. The molecule has 18 heavy (non-hydrogen) atoms. The van der Waals surface area contributed by atoms with Gasteiger partial charge in [-0.1, -0.05) is 6.92 Å². The average molecular weight is 313 g/mol. The first kappa shape index (κ1) is 13.2. The molecule has 2 aromatic rings. The minimum absolute atomic E-state index is 0.292. The van der Waals surface area contributed by atoms with Crippen molar-refractivity contribution < 1.29 is 8.81 Å². The number of nitrogens with zero attached hydrogens (tertiary/aromatic N) is 1. The Bertz CT molecular complexity index is 515. The molecule has 5 heteroatoms. The van der Waals surface area contributed by atoms with Crippen molar-refractivity contribution in [2.24, 2.45) is 0 Å². The largest absolute Gasteiger partial charge is 0.452 e. The summed E-state index contributed by atoms with van der Waals surface area (Å²) >= 11 is 3.26. The normalized spacial score (nSPS) is 12.6. The van der Waals surface area contributed by atoms with Crippen LogP contribution in [0.2, 0.25) is 0 Å². The van der Waals surface area contributed by atoms with Crippen LogP contribution >= 0.6 is 15.9 Å². The molecule has 0 radical (unpaired) electrons. The molecule has 0 aliphatic heterocycles. The molecule has 1 unspecified atom stereocenters. The molecule has 2 aromatic heterocycles. The fourth-order valence-electron chi connectivity index (χ4n) is 1.76. The van der Waals surface area contributed by atoms with Crippen molar-refractivity contribution >= 4 is 15.9 Å². The smallest absolute Gasteiger partial charge is 0.169 e. The lowest BCUT2D eigenvalue weighted by Gasteiger charge is -2.17.